The third-order valence-corrected chi connectivity index (χ3v) is 5.07. The molecule has 3 heterocycles. The van der Waals surface area contributed by atoms with Crippen molar-refractivity contribution in [2.75, 3.05) is 31.1 Å². The molecule has 0 amide bonds. The number of hydrogen-bond acceptors (Lipinski definition) is 5. The number of anilines is 1. The van der Waals surface area contributed by atoms with Crippen molar-refractivity contribution in [2.45, 2.75) is 20.8 Å². The number of carbonyl (C=O) groups is 1. The van der Waals surface area contributed by atoms with Crippen LogP contribution in [0, 0.1) is 11.2 Å². The van der Waals surface area contributed by atoms with Crippen molar-refractivity contribution in [3.8, 4) is 5.75 Å². The Morgan fingerprint density at radius 1 is 1.29 bits per heavy atom. The lowest BCUT2D eigenvalue weighted by Crippen LogP contribution is -2.44. The number of nitrogens with zero attached hydrogens (tertiary/aromatic N) is 2. The van der Waals surface area contributed by atoms with E-state index in [1.807, 2.05) is 25.7 Å². The van der Waals surface area contributed by atoms with E-state index in [-0.39, 0.29) is 11.1 Å². The smallest absolute Gasteiger partial charge is 0.341 e. The second kappa shape index (κ2) is 6.34. The molecule has 0 unspecified atom stereocenters. The molecule has 2 N–H and O–H groups in total. The number of carboxylic acids is 1. The topological polar surface area (TPSA) is 83.8 Å². The summed E-state index contributed by atoms with van der Waals surface area (Å²) in [5.41, 5.74) is -0.831. The SMILES string of the molecule is CC(C)(C)C1=Cn2cc(C(=O)O)c(=O)c3cc(F)c(N4CCNCC4)c(c32)O1. The van der Waals surface area contributed by atoms with E-state index in [0.29, 0.717) is 43.1 Å². The van der Waals surface area contributed by atoms with Crippen molar-refractivity contribution in [1.82, 2.24) is 9.88 Å². The first-order valence-electron chi connectivity index (χ1n) is 9.19. The average Bonchev–Trinajstić information content (AvgIpc) is 2.63. The molecule has 0 radical (unpaired) electrons. The first-order chi connectivity index (χ1) is 13.2. The maximum absolute atomic E-state index is 15.2. The largest absolute Gasteiger partial charge is 0.477 e. The summed E-state index contributed by atoms with van der Waals surface area (Å²) >= 11 is 0. The van der Waals surface area contributed by atoms with Gasteiger partial charge in [-0.05, 0) is 6.07 Å². The van der Waals surface area contributed by atoms with Gasteiger partial charge in [0.2, 0.25) is 5.43 Å². The number of ether oxygens (including phenoxy) is 1. The summed E-state index contributed by atoms with van der Waals surface area (Å²) in [6.07, 6.45) is 2.95. The van der Waals surface area contributed by atoms with Gasteiger partial charge in [0.15, 0.2) is 11.6 Å². The summed E-state index contributed by atoms with van der Waals surface area (Å²) in [5, 5.41) is 12.6. The number of nitrogens with one attached hydrogen (secondary N) is 1. The Kier molecular flexibility index (Phi) is 4.19. The van der Waals surface area contributed by atoms with E-state index in [1.54, 1.807) is 10.8 Å². The van der Waals surface area contributed by atoms with Crippen LogP contribution in [-0.2, 0) is 0 Å². The normalized spacial score (nSPS) is 16.7. The zero-order chi connectivity index (χ0) is 20.2. The third-order valence-electron chi connectivity index (χ3n) is 5.07. The predicted molar refractivity (Wildman–Crippen MR) is 105 cm³/mol. The van der Waals surface area contributed by atoms with Gasteiger partial charge in [-0.15, -0.1) is 0 Å². The maximum Gasteiger partial charge on any atom is 0.341 e. The van der Waals surface area contributed by atoms with Crippen LogP contribution in [0.1, 0.15) is 31.1 Å². The fourth-order valence-electron chi connectivity index (χ4n) is 3.59. The van der Waals surface area contributed by atoms with Crippen molar-refractivity contribution in [1.29, 1.82) is 0 Å². The van der Waals surface area contributed by atoms with Crippen molar-refractivity contribution in [2.24, 2.45) is 5.41 Å². The van der Waals surface area contributed by atoms with Crippen LogP contribution in [0.3, 0.4) is 0 Å². The highest BCUT2D eigenvalue weighted by atomic mass is 19.1. The molecule has 0 bridgehead atoms. The number of piperazine rings is 1. The molecule has 0 atom stereocenters. The Hall–Kier alpha value is -2.87. The van der Waals surface area contributed by atoms with E-state index in [4.69, 9.17) is 4.74 Å². The molecule has 1 saturated heterocycles. The fourth-order valence-corrected chi connectivity index (χ4v) is 3.59. The minimum absolute atomic E-state index is 0.00417. The van der Waals surface area contributed by atoms with Crippen LogP contribution in [0.4, 0.5) is 10.1 Å². The molecule has 7 nitrogen and oxygen atoms in total. The lowest BCUT2D eigenvalue weighted by atomic mass is 9.93. The summed E-state index contributed by atoms with van der Waals surface area (Å²) in [5.74, 6) is -1.12. The van der Waals surface area contributed by atoms with Crippen LogP contribution < -0.4 is 20.4 Å². The van der Waals surface area contributed by atoms with Gasteiger partial charge in [0.05, 0.1) is 5.39 Å². The van der Waals surface area contributed by atoms with Crippen LogP contribution in [0.5, 0.6) is 5.75 Å². The van der Waals surface area contributed by atoms with E-state index in [9.17, 15) is 14.7 Å². The zero-order valence-electron chi connectivity index (χ0n) is 16.0. The molecule has 1 aromatic heterocycles. The van der Waals surface area contributed by atoms with Gasteiger partial charge in [0, 0.05) is 44.0 Å². The lowest BCUT2D eigenvalue weighted by molar-refractivity contribution is 0.0695. The van der Waals surface area contributed by atoms with Crippen LogP contribution in [0.25, 0.3) is 17.1 Å². The van der Waals surface area contributed by atoms with Crippen LogP contribution in [0.2, 0.25) is 0 Å². The molecule has 2 aromatic rings. The van der Waals surface area contributed by atoms with Crippen LogP contribution in [0.15, 0.2) is 22.8 Å². The van der Waals surface area contributed by atoms with Gasteiger partial charge in [0.25, 0.3) is 0 Å². The Morgan fingerprint density at radius 3 is 2.57 bits per heavy atom. The Morgan fingerprint density at radius 2 is 1.96 bits per heavy atom. The number of rotatable bonds is 2. The number of halogens is 1. The monoisotopic (exact) mass is 387 g/mol. The predicted octanol–water partition coefficient (Wildman–Crippen LogP) is 2.49. The van der Waals surface area contributed by atoms with Gasteiger partial charge in [-0.3, -0.25) is 4.79 Å². The number of allylic oxidation sites excluding steroid dienone is 1. The van der Waals surface area contributed by atoms with Gasteiger partial charge in [-0.2, -0.15) is 0 Å². The van der Waals surface area contributed by atoms with Gasteiger partial charge in [-0.1, -0.05) is 20.8 Å². The number of aromatic carboxylic acids is 1. The van der Waals surface area contributed by atoms with E-state index in [1.165, 1.54) is 6.20 Å². The highest BCUT2D eigenvalue weighted by molar-refractivity contribution is 5.98. The molecule has 2 aliphatic rings. The maximum atomic E-state index is 15.2. The van der Waals surface area contributed by atoms with Gasteiger partial charge in [0.1, 0.15) is 22.5 Å². The molecule has 8 heteroatoms. The molecule has 148 valence electrons. The summed E-state index contributed by atoms with van der Waals surface area (Å²) in [6, 6.07) is 1.13. The molecule has 1 fully saturated rings. The minimum Gasteiger partial charge on any atom is -0.477 e. The Balaban J connectivity index is 2.08. The first-order valence-corrected chi connectivity index (χ1v) is 9.19. The van der Waals surface area contributed by atoms with Gasteiger partial charge < -0.3 is 24.6 Å². The van der Waals surface area contributed by atoms with Crippen LogP contribution >= 0.6 is 0 Å². The highest BCUT2D eigenvalue weighted by Gasteiger charge is 2.32. The Bertz CT molecular complexity index is 1080. The molecule has 1 aromatic carbocycles. The minimum atomic E-state index is -1.35. The van der Waals surface area contributed by atoms with Crippen LogP contribution in [-0.4, -0.2) is 41.8 Å². The summed E-state index contributed by atoms with van der Waals surface area (Å²) in [4.78, 5) is 26.1. The highest BCUT2D eigenvalue weighted by Crippen LogP contribution is 2.44. The summed E-state index contributed by atoms with van der Waals surface area (Å²) < 4.78 is 22.9. The van der Waals surface area contributed by atoms with E-state index in [0.717, 1.165) is 6.07 Å². The quantitative estimate of drug-likeness (QED) is 0.824. The van der Waals surface area contributed by atoms with E-state index < -0.39 is 28.2 Å². The molecule has 28 heavy (non-hydrogen) atoms. The number of carboxylic acid groups (broad SMARTS) is 1. The van der Waals surface area contributed by atoms with Crippen molar-refractivity contribution in [3.05, 3.63) is 39.6 Å². The van der Waals surface area contributed by atoms with E-state index >= 15 is 4.39 Å². The second-order valence-electron chi connectivity index (χ2n) is 8.10. The summed E-state index contributed by atoms with van der Waals surface area (Å²) in [7, 11) is 0. The van der Waals surface area contributed by atoms with Crippen molar-refractivity contribution in [3.63, 3.8) is 0 Å². The molecule has 0 aliphatic carbocycles. The summed E-state index contributed by atoms with van der Waals surface area (Å²) in [6.45, 7) is 8.48. The molecule has 0 saturated carbocycles. The number of aromatic nitrogens is 1. The molecule has 2 aliphatic heterocycles. The number of pyridine rings is 1. The molecule has 0 spiro atoms. The third kappa shape index (κ3) is 2.84. The fraction of sp³-hybridized carbons (Fsp3) is 0.400. The van der Waals surface area contributed by atoms with Gasteiger partial charge in [-0.25, -0.2) is 9.18 Å². The average molecular weight is 387 g/mol. The first kappa shape index (κ1) is 18.5. The van der Waals surface area contributed by atoms with Gasteiger partial charge >= 0.3 is 5.97 Å². The Labute approximate surface area is 161 Å². The number of hydrogen-bond donors (Lipinski definition) is 2. The molecule has 4 rings (SSSR count). The van der Waals surface area contributed by atoms with E-state index in [2.05, 4.69) is 5.32 Å². The molecular formula is C20H22FN3O4. The number of benzene rings is 1. The molecular weight excluding hydrogens is 365 g/mol. The van der Waals surface area contributed by atoms with Crippen molar-refractivity contribution >= 4 is 28.8 Å². The second-order valence-corrected chi connectivity index (χ2v) is 8.10. The standard InChI is InChI=1S/C20H22FN3O4/c1-20(2,3)14-10-24-9-12(19(26)27)17(25)11-8-13(21)16(18(28-14)15(11)24)23-6-4-22-5-7-23/h8-10,22H,4-7H2,1-3H3,(H,26,27). The zero-order valence-corrected chi connectivity index (χ0v) is 16.0. The van der Waals surface area contributed by atoms with Crippen molar-refractivity contribution < 1.29 is 19.0 Å². The lowest BCUT2D eigenvalue weighted by Gasteiger charge is -2.34.